The Kier molecular flexibility index (Phi) is 11.4. The Hall–Kier alpha value is -0.870. The van der Waals surface area contributed by atoms with E-state index in [1.807, 2.05) is 4.90 Å². The Bertz CT molecular complexity index is 266. The van der Waals surface area contributed by atoms with Gasteiger partial charge in [-0.2, -0.15) is 0 Å². The van der Waals surface area contributed by atoms with Crippen molar-refractivity contribution in [3.8, 4) is 0 Å². The van der Waals surface area contributed by atoms with Crippen molar-refractivity contribution in [2.24, 2.45) is 5.92 Å². The fraction of sp³-hybridized carbons (Fsp3) is 0.812. The fourth-order valence-electron chi connectivity index (χ4n) is 1.91. The van der Waals surface area contributed by atoms with E-state index in [1.54, 1.807) is 0 Å². The maximum atomic E-state index is 11.6. The number of amides is 1. The van der Waals surface area contributed by atoms with Crippen molar-refractivity contribution < 1.29 is 14.6 Å². The first-order valence-electron chi connectivity index (χ1n) is 7.72. The van der Waals surface area contributed by atoms with Crippen LogP contribution in [0.2, 0.25) is 0 Å². The summed E-state index contributed by atoms with van der Waals surface area (Å²) >= 11 is 0. The van der Waals surface area contributed by atoms with E-state index in [0.717, 1.165) is 38.8 Å². The first kappa shape index (κ1) is 19.1. The Labute approximate surface area is 123 Å². The largest absolute Gasteiger partial charge is 0.368 e. The molecule has 1 unspecified atom stereocenters. The van der Waals surface area contributed by atoms with E-state index in [1.165, 1.54) is 6.08 Å². The topological polar surface area (TPSA) is 49.8 Å². The highest BCUT2D eigenvalue weighted by molar-refractivity contribution is 5.86. The van der Waals surface area contributed by atoms with Crippen LogP contribution in [-0.2, 0) is 9.53 Å². The van der Waals surface area contributed by atoms with Crippen LogP contribution < -0.4 is 0 Å². The Morgan fingerprint density at radius 3 is 2.50 bits per heavy atom. The summed E-state index contributed by atoms with van der Waals surface area (Å²) in [5, 5.41) is 9.57. The predicted molar refractivity (Wildman–Crippen MR) is 82.3 cm³/mol. The van der Waals surface area contributed by atoms with Gasteiger partial charge < -0.3 is 14.7 Å². The van der Waals surface area contributed by atoms with E-state index < -0.39 is 6.29 Å². The molecule has 1 atom stereocenters. The number of hydrogen-bond donors (Lipinski definition) is 1. The molecule has 0 spiro atoms. The van der Waals surface area contributed by atoms with Gasteiger partial charge in [-0.25, -0.2) is 0 Å². The number of aliphatic hydroxyl groups excluding tert-OH is 1. The minimum Gasteiger partial charge on any atom is -0.368 e. The number of rotatable bonds is 12. The molecule has 0 fully saturated rings. The number of nitrogens with zero attached hydrogens (tertiary/aromatic N) is 1. The monoisotopic (exact) mass is 285 g/mol. The quantitative estimate of drug-likeness (QED) is 0.341. The summed E-state index contributed by atoms with van der Waals surface area (Å²) in [5.41, 5.74) is 0. The van der Waals surface area contributed by atoms with Crippen LogP contribution in [-0.4, -0.2) is 41.9 Å². The molecular formula is C16H31NO3. The first-order chi connectivity index (χ1) is 9.51. The molecule has 0 aromatic carbocycles. The molecule has 0 saturated heterocycles. The SMILES string of the molecule is C=CC(=O)N(CCCC)CCCCOC(O)CC(C)C. The summed E-state index contributed by atoms with van der Waals surface area (Å²) in [6.45, 7) is 11.8. The van der Waals surface area contributed by atoms with E-state index in [2.05, 4.69) is 27.4 Å². The van der Waals surface area contributed by atoms with Gasteiger partial charge in [-0.05, 0) is 31.3 Å². The average molecular weight is 285 g/mol. The Morgan fingerprint density at radius 2 is 1.95 bits per heavy atom. The third-order valence-corrected chi connectivity index (χ3v) is 3.07. The van der Waals surface area contributed by atoms with Crippen molar-refractivity contribution in [2.45, 2.75) is 59.2 Å². The molecular weight excluding hydrogens is 254 g/mol. The van der Waals surface area contributed by atoms with Crippen LogP contribution in [0, 0.1) is 5.92 Å². The van der Waals surface area contributed by atoms with Gasteiger partial charge in [0, 0.05) is 26.1 Å². The lowest BCUT2D eigenvalue weighted by molar-refractivity contribution is -0.126. The molecule has 4 heteroatoms. The van der Waals surface area contributed by atoms with E-state index in [4.69, 9.17) is 4.74 Å². The molecule has 0 bridgehead atoms. The van der Waals surface area contributed by atoms with Gasteiger partial charge in [0.15, 0.2) is 6.29 Å². The van der Waals surface area contributed by atoms with Gasteiger partial charge >= 0.3 is 0 Å². The third kappa shape index (κ3) is 9.98. The molecule has 1 N–H and O–H groups in total. The highest BCUT2D eigenvalue weighted by atomic mass is 16.6. The van der Waals surface area contributed by atoms with E-state index >= 15 is 0 Å². The van der Waals surface area contributed by atoms with E-state index in [-0.39, 0.29) is 5.91 Å². The Morgan fingerprint density at radius 1 is 1.30 bits per heavy atom. The van der Waals surface area contributed by atoms with Gasteiger partial charge in [-0.3, -0.25) is 4.79 Å². The minimum atomic E-state index is -0.666. The maximum Gasteiger partial charge on any atom is 0.245 e. The van der Waals surface area contributed by atoms with E-state index in [9.17, 15) is 9.90 Å². The van der Waals surface area contributed by atoms with Crippen molar-refractivity contribution in [1.82, 2.24) is 4.90 Å². The summed E-state index contributed by atoms with van der Waals surface area (Å²) in [7, 11) is 0. The lowest BCUT2D eigenvalue weighted by atomic mass is 10.1. The smallest absolute Gasteiger partial charge is 0.245 e. The first-order valence-corrected chi connectivity index (χ1v) is 7.72. The summed E-state index contributed by atoms with van der Waals surface area (Å²) in [4.78, 5) is 13.5. The average Bonchev–Trinajstić information content (AvgIpc) is 2.40. The summed E-state index contributed by atoms with van der Waals surface area (Å²) in [5.74, 6) is 0.430. The number of carbonyl (C=O) groups excluding carboxylic acids is 1. The molecule has 0 saturated carbocycles. The molecule has 118 valence electrons. The summed E-state index contributed by atoms with van der Waals surface area (Å²) < 4.78 is 5.33. The summed E-state index contributed by atoms with van der Waals surface area (Å²) in [6, 6.07) is 0. The van der Waals surface area contributed by atoms with Gasteiger partial charge in [0.1, 0.15) is 0 Å². The number of carbonyl (C=O) groups is 1. The molecule has 0 aliphatic heterocycles. The lowest BCUT2D eigenvalue weighted by Crippen LogP contribution is -2.31. The Balaban J connectivity index is 3.77. The molecule has 0 aromatic rings. The standard InChI is InChI=1S/C16H31NO3/c1-5-7-10-17(15(18)6-2)11-8-9-12-20-16(19)13-14(3)4/h6,14,16,19H,2,5,7-13H2,1,3-4H3. The second kappa shape index (κ2) is 11.9. The van der Waals surface area contributed by atoms with Crippen LogP contribution in [0.1, 0.15) is 52.9 Å². The molecule has 4 nitrogen and oxygen atoms in total. The van der Waals surface area contributed by atoms with Gasteiger partial charge in [0.05, 0.1) is 0 Å². The minimum absolute atomic E-state index is 0.000731. The second-order valence-electron chi connectivity index (χ2n) is 5.55. The van der Waals surface area contributed by atoms with Gasteiger partial charge in [-0.1, -0.05) is 33.8 Å². The third-order valence-electron chi connectivity index (χ3n) is 3.07. The molecule has 20 heavy (non-hydrogen) atoms. The van der Waals surface area contributed by atoms with Crippen LogP contribution in [0.25, 0.3) is 0 Å². The predicted octanol–water partition coefficient (Wildman–Crippen LogP) is 2.96. The zero-order valence-electron chi connectivity index (χ0n) is 13.3. The molecule has 0 aliphatic rings. The van der Waals surface area contributed by atoms with Gasteiger partial charge in [0.2, 0.25) is 5.91 Å². The molecule has 0 heterocycles. The lowest BCUT2D eigenvalue weighted by Gasteiger charge is -2.21. The zero-order chi connectivity index (χ0) is 15.4. The summed E-state index contributed by atoms with van der Waals surface area (Å²) in [6.07, 6.45) is 5.20. The highest BCUT2D eigenvalue weighted by Crippen LogP contribution is 2.07. The van der Waals surface area contributed by atoms with Crippen LogP contribution >= 0.6 is 0 Å². The van der Waals surface area contributed by atoms with Gasteiger partial charge in [-0.15, -0.1) is 0 Å². The second-order valence-corrected chi connectivity index (χ2v) is 5.55. The molecule has 0 aliphatic carbocycles. The van der Waals surface area contributed by atoms with Crippen molar-refractivity contribution in [1.29, 1.82) is 0 Å². The number of hydrogen-bond acceptors (Lipinski definition) is 3. The van der Waals surface area contributed by atoms with Crippen LogP contribution in [0.5, 0.6) is 0 Å². The fourth-order valence-corrected chi connectivity index (χ4v) is 1.91. The van der Waals surface area contributed by atoms with Crippen LogP contribution in [0.3, 0.4) is 0 Å². The molecule has 0 radical (unpaired) electrons. The van der Waals surface area contributed by atoms with Crippen LogP contribution in [0.15, 0.2) is 12.7 Å². The zero-order valence-corrected chi connectivity index (χ0v) is 13.3. The van der Waals surface area contributed by atoms with Crippen molar-refractivity contribution in [2.75, 3.05) is 19.7 Å². The normalized spacial score (nSPS) is 12.4. The van der Waals surface area contributed by atoms with Crippen molar-refractivity contribution in [3.63, 3.8) is 0 Å². The van der Waals surface area contributed by atoms with Crippen LogP contribution in [0.4, 0.5) is 0 Å². The molecule has 0 rings (SSSR count). The maximum absolute atomic E-state index is 11.6. The number of aliphatic hydroxyl groups is 1. The highest BCUT2D eigenvalue weighted by Gasteiger charge is 2.10. The van der Waals surface area contributed by atoms with E-state index in [0.29, 0.717) is 18.9 Å². The number of unbranched alkanes of at least 4 members (excludes halogenated alkanes) is 2. The number of ether oxygens (including phenoxy) is 1. The molecule has 0 aromatic heterocycles. The van der Waals surface area contributed by atoms with Crippen molar-refractivity contribution in [3.05, 3.63) is 12.7 Å². The van der Waals surface area contributed by atoms with Crippen molar-refractivity contribution >= 4 is 5.91 Å². The van der Waals surface area contributed by atoms with Gasteiger partial charge in [0.25, 0.3) is 0 Å². The molecule has 1 amide bonds.